The molecule has 4 nitrogen and oxygen atoms in total. The van der Waals surface area contributed by atoms with E-state index in [0.717, 1.165) is 5.76 Å². The number of carbonyl (C=O) groups excluding carboxylic acids is 1. The molecule has 1 aromatic rings. The van der Waals surface area contributed by atoms with E-state index in [1.54, 1.807) is 18.0 Å². The first-order chi connectivity index (χ1) is 7.71. The molecule has 1 aromatic heterocycles. The maximum atomic E-state index is 12.0. The summed E-state index contributed by atoms with van der Waals surface area (Å²) in [6.07, 6.45) is 0. The summed E-state index contributed by atoms with van der Waals surface area (Å²) in [6, 6.07) is 3.12. The predicted molar refractivity (Wildman–Crippen MR) is 70.3 cm³/mol. The topological polar surface area (TPSA) is 59.5 Å². The Labute approximate surface area is 110 Å². The Kier molecular flexibility index (Phi) is 4.38. The standard InChI is InChI=1S/C12H19BrN2O2/c1-12(2,3)10(14)11(16)15(4)7-8-5-6-9(13)17-8/h5-6,10H,7,14H2,1-4H3. The van der Waals surface area contributed by atoms with Gasteiger partial charge in [-0.3, -0.25) is 4.79 Å². The average Bonchev–Trinajstić information content (AvgIpc) is 2.60. The second-order valence-electron chi connectivity index (χ2n) is 5.24. The highest BCUT2D eigenvalue weighted by Crippen LogP contribution is 2.20. The van der Waals surface area contributed by atoms with E-state index in [0.29, 0.717) is 11.2 Å². The Morgan fingerprint density at radius 2 is 2.12 bits per heavy atom. The lowest BCUT2D eigenvalue weighted by molar-refractivity contribution is -0.134. The van der Waals surface area contributed by atoms with Crippen molar-refractivity contribution < 1.29 is 9.21 Å². The summed E-state index contributed by atoms with van der Waals surface area (Å²) < 4.78 is 6.01. The number of nitrogens with zero attached hydrogens (tertiary/aromatic N) is 1. The van der Waals surface area contributed by atoms with Gasteiger partial charge in [0.2, 0.25) is 5.91 Å². The van der Waals surface area contributed by atoms with Crippen LogP contribution in [0.15, 0.2) is 21.2 Å². The first-order valence-corrected chi connectivity index (χ1v) is 6.26. The predicted octanol–water partition coefficient (Wildman–Crippen LogP) is 2.37. The van der Waals surface area contributed by atoms with Gasteiger partial charge in [-0.1, -0.05) is 20.8 Å². The van der Waals surface area contributed by atoms with Crippen molar-refractivity contribution in [1.82, 2.24) is 4.90 Å². The van der Waals surface area contributed by atoms with Crippen LogP contribution in [-0.2, 0) is 11.3 Å². The van der Waals surface area contributed by atoms with Gasteiger partial charge in [-0.25, -0.2) is 0 Å². The summed E-state index contributed by atoms with van der Waals surface area (Å²) >= 11 is 3.22. The summed E-state index contributed by atoms with van der Waals surface area (Å²) in [5, 5.41) is 0. The molecular weight excluding hydrogens is 284 g/mol. The third kappa shape index (κ3) is 3.85. The van der Waals surface area contributed by atoms with Gasteiger partial charge in [-0.05, 0) is 33.5 Å². The SMILES string of the molecule is CN(Cc1ccc(Br)o1)C(=O)C(N)C(C)(C)C. The van der Waals surface area contributed by atoms with Crippen molar-refractivity contribution in [2.45, 2.75) is 33.4 Å². The molecule has 96 valence electrons. The molecule has 0 aliphatic carbocycles. The van der Waals surface area contributed by atoms with E-state index < -0.39 is 6.04 Å². The maximum Gasteiger partial charge on any atom is 0.240 e. The van der Waals surface area contributed by atoms with E-state index in [1.807, 2.05) is 26.8 Å². The molecule has 2 N–H and O–H groups in total. The highest BCUT2D eigenvalue weighted by Gasteiger charge is 2.29. The zero-order chi connectivity index (χ0) is 13.2. The minimum absolute atomic E-state index is 0.0787. The largest absolute Gasteiger partial charge is 0.452 e. The highest BCUT2D eigenvalue weighted by molar-refractivity contribution is 9.10. The van der Waals surface area contributed by atoms with Crippen LogP contribution in [0.2, 0.25) is 0 Å². The van der Waals surface area contributed by atoms with Crippen LogP contribution < -0.4 is 5.73 Å². The fourth-order valence-corrected chi connectivity index (χ4v) is 1.70. The van der Waals surface area contributed by atoms with Gasteiger partial charge in [-0.2, -0.15) is 0 Å². The normalized spacial score (nSPS) is 13.5. The molecule has 0 spiro atoms. The second-order valence-corrected chi connectivity index (χ2v) is 6.03. The molecule has 17 heavy (non-hydrogen) atoms. The van der Waals surface area contributed by atoms with Gasteiger partial charge in [0.1, 0.15) is 5.76 Å². The average molecular weight is 303 g/mol. The van der Waals surface area contributed by atoms with Crippen LogP contribution >= 0.6 is 15.9 Å². The van der Waals surface area contributed by atoms with Crippen molar-refractivity contribution in [2.75, 3.05) is 7.05 Å². The van der Waals surface area contributed by atoms with Crippen LogP contribution in [0, 0.1) is 5.41 Å². The Morgan fingerprint density at radius 3 is 2.53 bits per heavy atom. The van der Waals surface area contributed by atoms with Crippen LogP contribution in [0.3, 0.4) is 0 Å². The molecule has 0 radical (unpaired) electrons. The molecule has 1 heterocycles. The van der Waals surface area contributed by atoms with Gasteiger partial charge >= 0.3 is 0 Å². The van der Waals surface area contributed by atoms with E-state index in [-0.39, 0.29) is 11.3 Å². The smallest absolute Gasteiger partial charge is 0.240 e. The highest BCUT2D eigenvalue weighted by atomic mass is 79.9. The van der Waals surface area contributed by atoms with Crippen molar-refractivity contribution in [3.63, 3.8) is 0 Å². The van der Waals surface area contributed by atoms with Gasteiger partial charge in [0.15, 0.2) is 4.67 Å². The molecule has 0 aliphatic heterocycles. The number of rotatable bonds is 3. The van der Waals surface area contributed by atoms with Crippen molar-refractivity contribution in [3.8, 4) is 0 Å². The quantitative estimate of drug-likeness (QED) is 0.932. The summed E-state index contributed by atoms with van der Waals surface area (Å²) in [4.78, 5) is 13.6. The first-order valence-electron chi connectivity index (χ1n) is 5.46. The number of halogens is 1. The van der Waals surface area contributed by atoms with Crippen LogP contribution in [0.25, 0.3) is 0 Å². The number of hydrogen-bond acceptors (Lipinski definition) is 3. The third-order valence-electron chi connectivity index (χ3n) is 2.60. The first kappa shape index (κ1) is 14.3. The lowest BCUT2D eigenvalue weighted by Gasteiger charge is -2.29. The van der Waals surface area contributed by atoms with E-state index in [2.05, 4.69) is 15.9 Å². The molecule has 5 heteroatoms. The van der Waals surface area contributed by atoms with Crippen LogP contribution in [0.1, 0.15) is 26.5 Å². The zero-order valence-corrected chi connectivity index (χ0v) is 12.2. The fourth-order valence-electron chi connectivity index (χ4n) is 1.36. The number of nitrogens with two attached hydrogens (primary N) is 1. The number of hydrogen-bond donors (Lipinski definition) is 1. The van der Waals surface area contributed by atoms with Crippen LogP contribution in [0.4, 0.5) is 0 Å². The molecule has 0 aromatic carbocycles. The third-order valence-corrected chi connectivity index (χ3v) is 3.02. The lowest BCUT2D eigenvalue weighted by atomic mass is 9.86. The minimum Gasteiger partial charge on any atom is -0.452 e. The van der Waals surface area contributed by atoms with Crippen molar-refractivity contribution >= 4 is 21.8 Å². The van der Waals surface area contributed by atoms with Crippen LogP contribution in [0.5, 0.6) is 0 Å². The van der Waals surface area contributed by atoms with Crippen molar-refractivity contribution in [3.05, 3.63) is 22.6 Å². The van der Waals surface area contributed by atoms with E-state index in [4.69, 9.17) is 10.2 Å². The Hall–Kier alpha value is -0.810. The number of carbonyl (C=O) groups is 1. The number of likely N-dealkylation sites (N-methyl/N-ethyl adjacent to an activating group) is 1. The molecule has 0 saturated carbocycles. The van der Waals surface area contributed by atoms with E-state index in [1.165, 1.54) is 0 Å². The molecule has 0 saturated heterocycles. The Bertz CT molecular complexity index is 395. The molecule has 1 amide bonds. The van der Waals surface area contributed by atoms with Crippen molar-refractivity contribution in [1.29, 1.82) is 0 Å². The molecular formula is C12H19BrN2O2. The van der Waals surface area contributed by atoms with Gasteiger partial charge < -0.3 is 15.1 Å². The number of amides is 1. The van der Waals surface area contributed by atoms with Gasteiger partial charge in [0.05, 0.1) is 12.6 Å². The van der Waals surface area contributed by atoms with Gasteiger partial charge in [0.25, 0.3) is 0 Å². The molecule has 0 aliphatic rings. The minimum atomic E-state index is -0.508. The summed E-state index contributed by atoms with van der Waals surface area (Å²) in [5.41, 5.74) is 5.68. The maximum absolute atomic E-state index is 12.0. The Balaban J connectivity index is 2.65. The molecule has 0 bridgehead atoms. The van der Waals surface area contributed by atoms with Crippen LogP contribution in [-0.4, -0.2) is 23.9 Å². The monoisotopic (exact) mass is 302 g/mol. The van der Waals surface area contributed by atoms with E-state index >= 15 is 0 Å². The zero-order valence-electron chi connectivity index (χ0n) is 10.7. The second kappa shape index (κ2) is 5.23. The van der Waals surface area contributed by atoms with Crippen molar-refractivity contribution in [2.24, 2.45) is 11.1 Å². The molecule has 0 fully saturated rings. The fraction of sp³-hybridized carbons (Fsp3) is 0.583. The van der Waals surface area contributed by atoms with Gasteiger partial charge in [0, 0.05) is 7.05 Å². The molecule has 1 unspecified atom stereocenters. The van der Waals surface area contributed by atoms with Gasteiger partial charge in [-0.15, -0.1) is 0 Å². The summed E-state index contributed by atoms with van der Waals surface area (Å²) in [7, 11) is 1.73. The Morgan fingerprint density at radius 1 is 1.53 bits per heavy atom. The summed E-state index contributed by atoms with van der Waals surface area (Å²) in [6.45, 7) is 6.28. The molecule has 1 atom stereocenters. The van der Waals surface area contributed by atoms with E-state index in [9.17, 15) is 4.79 Å². The molecule has 1 rings (SSSR count). The lowest BCUT2D eigenvalue weighted by Crippen LogP contribution is -2.48. The summed E-state index contributed by atoms with van der Waals surface area (Å²) in [5.74, 6) is 0.652. The number of furan rings is 1.